The van der Waals surface area contributed by atoms with E-state index >= 15 is 0 Å². The van der Waals surface area contributed by atoms with Crippen LogP contribution in [0.2, 0.25) is 10.0 Å². The maximum Gasteiger partial charge on any atom is 0.387 e. The minimum absolute atomic E-state index is 0.00126. The number of halogens is 4. The number of pyridine rings is 1. The molecule has 1 aromatic heterocycles. The SMILES string of the molecule is CC(C)(C)OC(=O)CN(c1ccc(C(=O)NCC(=O)O[C@@H](Cc2c(Cl)c[n+]([O-])cc2Cl)c2ccc(OC(F)F)c(OCC3CC3)c2)cc1OCC1CC1)S(=O)[O-]. The van der Waals surface area contributed by atoms with Crippen LogP contribution in [0.15, 0.2) is 48.8 Å². The number of carbonyl (C=O) groups is 3. The third-order valence-corrected chi connectivity index (χ3v) is 9.71. The van der Waals surface area contributed by atoms with Crippen molar-refractivity contribution >= 4 is 58.0 Å². The van der Waals surface area contributed by atoms with Crippen molar-refractivity contribution in [3.05, 3.63) is 80.7 Å². The first-order chi connectivity index (χ1) is 26.4. The molecule has 304 valence electrons. The maximum atomic E-state index is 13.3. The van der Waals surface area contributed by atoms with Crippen LogP contribution in [0.4, 0.5) is 14.5 Å². The number of anilines is 1. The van der Waals surface area contributed by atoms with Crippen LogP contribution in [0, 0.1) is 17.0 Å². The number of ether oxygens (including phenoxy) is 5. The molecule has 1 N–H and O–H groups in total. The van der Waals surface area contributed by atoms with Gasteiger partial charge in [-0.15, -0.1) is 0 Å². The predicted molar refractivity (Wildman–Crippen MR) is 198 cm³/mol. The fraction of sp³-hybridized carbons (Fsp3) is 0.459. The number of carbonyl (C=O) groups excluding carboxylic acids is 3. The summed E-state index contributed by atoms with van der Waals surface area (Å²) in [5.74, 6) is -2.21. The van der Waals surface area contributed by atoms with Gasteiger partial charge in [0, 0.05) is 28.8 Å². The van der Waals surface area contributed by atoms with Gasteiger partial charge in [-0.25, -0.2) is 0 Å². The van der Waals surface area contributed by atoms with Gasteiger partial charge >= 0.3 is 18.6 Å². The number of aromatic nitrogens is 1. The van der Waals surface area contributed by atoms with Crippen molar-refractivity contribution in [2.75, 3.05) is 30.6 Å². The Bertz CT molecular complexity index is 1920. The summed E-state index contributed by atoms with van der Waals surface area (Å²) in [6.07, 6.45) is 4.46. The Kier molecular flexibility index (Phi) is 14.2. The van der Waals surface area contributed by atoms with Gasteiger partial charge in [-0.2, -0.15) is 13.5 Å². The Morgan fingerprint density at radius 3 is 2.14 bits per heavy atom. The quantitative estimate of drug-likeness (QED) is 0.0647. The van der Waals surface area contributed by atoms with Crippen molar-refractivity contribution in [3.8, 4) is 17.2 Å². The number of alkyl halides is 2. The molecular weight excluding hydrogens is 803 g/mol. The lowest BCUT2D eigenvalue weighted by Crippen LogP contribution is -2.36. The summed E-state index contributed by atoms with van der Waals surface area (Å²) in [6.45, 7) is 0.976. The van der Waals surface area contributed by atoms with Crippen LogP contribution in [-0.2, 0) is 36.8 Å². The monoisotopic (exact) mass is 842 g/mol. The summed E-state index contributed by atoms with van der Waals surface area (Å²) in [5, 5.41) is 14.3. The van der Waals surface area contributed by atoms with Crippen molar-refractivity contribution in [1.29, 1.82) is 0 Å². The molecule has 0 aliphatic heterocycles. The molecule has 1 unspecified atom stereocenters. The lowest BCUT2D eigenvalue weighted by Gasteiger charge is -2.29. The van der Waals surface area contributed by atoms with E-state index in [1.165, 1.54) is 36.4 Å². The van der Waals surface area contributed by atoms with E-state index in [0.717, 1.165) is 42.4 Å². The van der Waals surface area contributed by atoms with Gasteiger partial charge in [0.15, 0.2) is 23.9 Å². The van der Waals surface area contributed by atoms with E-state index < -0.39 is 60.5 Å². The maximum absolute atomic E-state index is 13.3. The summed E-state index contributed by atoms with van der Waals surface area (Å²) in [5.41, 5.74) is -0.349. The van der Waals surface area contributed by atoms with Crippen LogP contribution >= 0.6 is 23.2 Å². The molecule has 19 heteroatoms. The largest absolute Gasteiger partial charge is 0.755 e. The van der Waals surface area contributed by atoms with E-state index in [0.29, 0.717) is 4.73 Å². The zero-order valence-corrected chi connectivity index (χ0v) is 32.9. The molecule has 2 aromatic carbocycles. The smallest absolute Gasteiger partial charge is 0.387 e. The summed E-state index contributed by atoms with van der Waals surface area (Å²) in [7, 11) is 0. The Labute approximate surface area is 334 Å². The van der Waals surface area contributed by atoms with Gasteiger partial charge in [0.05, 0.1) is 18.9 Å². The molecule has 2 atom stereocenters. The highest BCUT2D eigenvalue weighted by molar-refractivity contribution is 7.80. The van der Waals surface area contributed by atoms with Gasteiger partial charge in [-0.1, -0.05) is 29.3 Å². The van der Waals surface area contributed by atoms with E-state index in [4.69, 9.17) is 42.1 Å². The predicted octanol–water partition coefficient (Wildman–Crippen LogP) is 6.01. The first kappa shape index (κ1) is 42.7. The second-order valence-electron chi connectivity index (χ2n) is 14.3. The zero-order chi connectivity index (χ0) is 40.7. The van der Waals surface area contributed by atoms with Crippen LogP contribution in [0.5, 0.6) is 17.2 Å². The topological polar surface area (TPSA) is 180 Å². The molecule has 1 heterocycles. The van der Waals surface area contributed by atoms with Crippen molar-refractivity contribution in [3.63, 3.8) is 0 Å². The second kappa shape index (κ2) is 18.7. The molecule has 0 spiro atoms. The van der Waals surface area contributed by atoms with Crippen LogP contribution in [0.3, 0.4) is 0 Å². The highest BCUT2D eigenvalue weighted by Gasteiger charge is 2.28. The van der Waals surface area contributed by atoms with Crippen molar-refractivity contribution in [2.45, 2.75) is 71.2 Å². The highest BCUT2D eigenvalue weighted by Crippen LogP contribution is 2.38. The highest BCUT2D eigenvalue weighted by atomic mass is 35.5. The van der Waals surface area contributed by atoms with E-state index in [1.807, 2.05) is 0 Å². The fourth-order valence-electron chi connectivity index (χ4n) is 5.30. The van der Waals surface area contributed by atoms with Crippen molar-refractivity contribution < 1.29 is 60.3 Å². The number of rotatable bonds is 19. The summed E-state index contributed by atoms with van der Waals surface area (Å²) < 4.78 is 79.5. The van der Waals surface area contributed by atoms with Crippen molar-refractivity contribution in [1.82, 2.24) is 5.32 Å². The van der Waals surface area contributed by atoms with E-state index in [9.17, 15) is 37.1 Å². The second-order valence-corrected chi connectivity index (χ2v) is 16.0. The molecule has 56 heavy (non-hydrogen) atoms. The Hall–Kier alpha value is -4.45. The molecule has 2 saturated carbocycles. The van der Waals surface area contributed by atoms with E-state index in [-0.39, 0.29) is 81.1 Å². The molecule has 2 aliphatic rings. The molecule has 0 radical (unpaired) electrons. The number of nitrogens with one attached hydrogen (secondary N) is 1. The molecule has 5 rings (SSSR count). The number of hydrogen-bond donors (Lipinski definition) is 1. The molecular formula is C37H40Cl2F2N3O11S-. The number of benzene rings is 2. The van der Waals surface area contributed by atoms with Gasteiger partial charge < -0.3 is 38.8 Å². The standard InChI is InChI=1S/C37H41Cl2F2N3O11S/c1-37(2,3)55-34(46)18-44(56(49)50)28-10-8-24(13-31(28)51-19-21-4-5-21)35(47)42-15-33(45)53-30(14-25-26(38)16-43(48)17-27(25)39)23-9-11-29(54-36(40)41)32(12-23)52-20-22-6-7-22/h8-13,16-17,21-22,30,36H,4-7,14-15,18-20H2,1-3H3,(H,42,47)(H,49,50)/p-1/t30-/m0/s1. The Morgan fingerprint density at radius 1 is 0.946 bits per heavy atom. The lowest BCUT2D eigenvalue weighted by atomic mass is 10.0. The number of nitrogens with zero attached hydrogens (tertiary/aromatic N) is 2. The molecule has 2 fully saturated rings. The molecule has 0 saturated heterocycles. The van der Waals surface area contributed by atoms with Gasteiger partial charge in [0.2, 0.25) is 0 Å². The van der Waals surface area contributed by atoms with Gasteiger partial charge in [-0.3, -0.25) is 22.9 Å². The summed E-state index contributed by atoms with van der Waals surface area (Å²) in [4.78, 5) is 39.2. The number of esters is 2. The molecule has 3 aromatic rings. The number of hydrogen-bond acceptors (Lipinski definition) is 11. The van der Waals surface area contributed by atoms with Gasteiger partial charge in [0.25, 0.3) is 5.91 Å². The average Bonchev–Trinajstić information content (AvgIpc) is 4.04. The summed E-state index contributed by atoms with van der Waals surface area (Å²) >= 11 is 9.74. The average molecular weight is 844 g/mol. The Morgan fingerprint density at radius 2 is 1.57 bits per heavy atom. The molecule has 2 aliphatic carbocycles. The van der Waals surface area contributed by atoms with E-state index in [1.54, 1.807) is 20.8 Å². The molecule has 14 nitrogen and oxygen atoms in total. The first-order valence-corrected chi connectivity index (χ1v) is 19.4. The zero-order valence-electron chi connectivity index (χ0n) is 30.6. The van der Waals surface area contributed by atoms with Gasteiger partial charge in [0.1, 0.15) is 40.6 Å². The van der Waals surface area contributed by atoms with Crippen LogP contribution in [0.1, 0.15) is 74.0 Å². The van der Waals surface area contributed by atoms with Crippen LogP contribution < -0.4 is 28.6 Å². The fourth-order valence-corrected chi connectivity index (χ4v) is 6.42. The third-order valence-electron chi connectivity index (χ3n) is 8.38. The van der Waals surface area contributed by atoms with E-state index in [2.05, 4.69) is 10.1 Å². The van der Waals surface area contributed by atoms with Gasteiger partial charge in [-0.05, 0) is 94.2 Å². The Balaban J connectivity index is 1.34. The van der Waals surface area contributed by atoms with Crippen LogP contribution in [0.25, 0.3) is 0 Å². The lowest BCUT2D eigenvalue weighted by molar-refractivity contribution is -0.605. The van der Waals surface area contributed by atoms with Crippen LogP contribution in [-0.4, -0.2) is 65.1 Å². The third kappa shape index (κ3) is 12.8. The molecule has 1 amide bonds. The summed E-state index contributed by atoms with van der Waals surface area (Å²) in [6, 6.07) is 7.92. The normalized spacial score (nSPS) is 15.1. The minimum atomic E-state index is -3.13. The molecule has 0 bridgehead atoms. The number of amides is 1. The van der Waals surface area contributed by atoms with Crippen molar-refractivity contribution in [2.24, 2.45) is 11.8 Å². The first-order valence-electron chi connectivity index (χ1n) is 17.6. The minimum Gasteiger partial charge on any atom is -0.755 e.